The number of hydrogen-bond donors (Lipinski definition) is 1. The van der Waals surface area contributed by atoms with Crippen LogP contribution < -0.4 is 5.32 Å². The fraction of sp³-hybridized carbons (Fsp3) is 0.650. The van der Waals surface area contributed by atoms with Crippen LogP contribution in [0.5, 0.6) is 0 Å². The van der Waals surface area contributed by atoms with Gasteiger partial charge in [-0.25, -0.2) is 0 Å². The Bertz CT molecular complexity index is 539. The molecule has 1 unspecified atom stereocenters. The highest BCUT2D eigenvalue weighted by atomic mass is 127. The maximum absolute atomic E-state index is 5.51. The summed E-state index contributed by atoms with van der Waals surface area (Å²) in [4.78, 5) is 7.29. The Hall–Kier alpha value is -0.820. The van der Waals surface area contributed by atoms with Gasteiger partial charge in [-0.1, -0.05) is 36.8 Å². The van der Waals surface area contributed by atoms with Crippen LogP contribution in [0.3, 0.4) is 0 Å². The number of aliphatic imine (C=N–C) groups is 1. The quantitative estimate of drug-likeness (QED) is 0.403. The van der Waals surface area contributed by atoms with E-state index in [1.165, 1.54) is 24.8 Å². The Morgan fingerprint density at radius 2 is 2.08 bits per heavy atom. The summed E-state index contributed by atoms with van der Waals surface area (Å²) in [7, 11) is 2.15. The maximum Gasteiger partial charge on any atom is 0.193 e. The van der Waals surface area contributed by atoms with Crippen molar-refractivity contribution in [2.45, 2.75) is 38.0 Å². The van der Waals surface area contributed by atoms with Gasteiger partial charge in [-0.15, -0.1) is 24.0 Å². The summed E-state index contributed by atoms with van der Waals surface area (Å²) < 4.78 is 5.51. The third-order valence-electron chi connectivity index (χ3n) is 5.48. The number of guanidine groups is 1. The molecule has 0 radical (unpaired) electrons. The van der Waals surface area contributed by atoms with Gasteiger partial charge in [0, 0.05) is 38.1 Å². The summed E-state index contributed by atoms with van der Waals surface area (Å²) in [6, 6.07) is 10.9. The third-order valence-corrected chi connectivity index (χ3v) is 5.48. The molecule has 1 aliphatic heterocycles. The van der Waals surface area contributed by atoms with Crippen molar-refractivity contribution < 1.29 is 4.74 Å². The summed E-state index contributed by atoms with van der Waals surface area (Å²) in [6.07, 6.45) is 4.98. The molecular weight excluding hydrogens is 425 g/mol. The van der Waals surface area contributed by atoms with E-state index in [2.05, 4.69) is 54.5 Å². The second-order valence-electron chi connectivity index (χ2n) is 7.28. The zero-order chi connectivity index (χ0) is 16.8. The Balaban J connectivity index is 0.00000225. The normalized spacial score (nSPS) is 22.0. The molecule has 1 saturated heterocycles. The molecule has 5 heteroatoms. The van der Waals surface area contributed by atoms with Crippen molar-refractivity contribution in [3.63, 3.8) is 0 Å². The van der Waals surface area contributed by atoms with E-state index in [1.54, 1.807) is 0 Å². The molecule has 1 heterocycles. The van der Waals surface area contributed by atoms with E-state index >= 15 is 0 Å². The number of hydrogen-bond acceptors (Lipinski definition) is 2. The lowest BCUT2D eigenvalue weighted by Gasteiger charge is -2.41. The summed E-state index contributed by atoms with van der Waals surface area (Å²) >= 11 is 0. The van der Waals surface area contributed by atoms with Gasteiger partial charge in [-0.05, 0) is 31.7 Å². The van der Waals surface area contributed by atoms with Gasteiger partial charge in [-0.3, -0.25) is 4.99 Å². The van der Waals surface area contributed by atoms with Crippen LogP contribution in [0.1, 0.15) is 38.2 Å². The van der Waals surface area contributed by atoms with Crippen molar-refractivity contribution >= 4 is 29.9 Å². The summed E-state index contributed by atoms with van der Waals surface area (Å²) in [5.41, 5.74) is 1.70. The van der Waals surface area contributed by atoms with E-state index in [0.29, 0.717) is 5.92 Å². The molecule has 1 aromatic carbocycles. The highest BCUT2D eigenvalue weighted by Crippen LogP contribution is 2.43. The molecule has 25 heavy (non-hydrogen) atoms. The number of nitrogens with zero attached hydrogens (tertiary/aromatic N) is 2. The molecule has 1 aromatic rings. The molecule has 1 N–H and O–H groups in total. The van der Waals surface area contributed by atoms with Gasteiger partial charge >= 0.3 is 0 Å². The summed E-state index contributed by atoms with van der Waals surface area (Å²) in [5.74, 6) is 1.66. The Morgan fingerprint density at radius 3 is 2.64 bits per heavy atom. The fourth-order valence-corrected chi connectivity index (χ4v) is 3.83. The van der Waals surface area contributed by atoms with Gasteiger partial charge in [0.1, 0.15) is 0 Å². The van der Waals surface area contributed by atoms with Gasteiger partial charge in [0.05, 0.1) is 13.2 Å². The van der Waals surface area contributed by atoms with E-state index < -0.39 is 0 Å². The van der Waals surface area contributed by atoms with Gasteiger partial charge in [0.25, 0.3) is 0 Å². The minimum absolute atomic E-state index is 0. The maximum atomic E-state index is 5.51. The molecule has 0 amide bonds. The van der Waals surface area contributed by atoms with Crippen LogP contribution in [0.25, 0.3) is 0 Å². The Morgan fingerprint density at radius 1 is 1.32 bits per heavy atom. The van der Waals surface area contributed by atoms with E-state index in [4.69, 9.17) is 9.73 Å². The predicted octanol–water partition coefficient (Wildman–Crippen LogP) is 3.66. The number of ether oxygens (including phenoxy) is 1. The van der Waals surface area contributed by atoms with Gasteiger partial charge < -0.3 is 15.0 Å². The van der Waals surface area contributed by atoms with Crippen LogP contribution in [0, 0.1) is 5.92 Å². The summed E-state index contributed by atoms with van der Waals surface area (Å²) in [6.45, 7) is 6.73. The fourth-order valence-electron chi connectivity index (χ4n) is 3.83. The Kier molecular flexibility index (Phi) is 8.00. The SMILES string of the molecule is CCNC(=NCC1(c2ccccc2)CCC1)N(C)CC1CCOC1.I. The molecule has 1 saturated carbocycles. The number of benzene rings is 1. The van der Waals surface area contributed by atoms with Crippen molar-refractivity contribution in [2.75, 3.05) is 39.9 Å². The lowest BCUT2D eigenvalue weighted by Crippen LogP contribution is -2.44. The molecule has 4 nitrogen and oxygen atoms in total. The molecule has 0 aromatic heterocycles. The van der Waals surface area contributed by atoms with Crippen LogP contribution in [0.15, 0.2) is 35.3 Å². The largest absolute Gasteiger partial charge is 0.381 e. The van der Waals surface area contributed by atoms with Crippen molar-refractivity contribution in [3.8, 4) is 0 Å². The van der Waals surface area contributed by atoms with E-state index in [-0.39, 0.29) is 29.4 Å². The highest BCUT2D eigenvalue weighted by Gasteiger charge is 2.38. The first-order chi connectivity index (χ1) is 11.7. The topological polar surface area (TPSA) is 36.9 Å². The smallest absolute Gasteiger partial charge is 0.193 e. The predicted molar refractivity (Wildman–Crippen MR) is 115 cm³/mol. The molecule has 0 spiro atoms. The summed E-state index contributed by atoms with van der Waals surface area (Å²) in [5, 5.41) is 3.46. The standard InChI is InChI=1S/C20H31N3O.HI/c1-3-21-19(23(2)14-17-10-13-24-15-17)22-16-20(11-7-12-20)18-8-5-4-6-9-18;/h4-6,8-9,17H,3,7,10-16H2,1-2H3,(H,21,22);1H. The van der Waals surface area contributed by atoms with E-state index in [1.807, 2.05) is 0 Å². The first-order valence-electron chi connectivity index (χ1n) is 9.36. The van der Waals surface area contributed by atoms with Crippen LogP contribution in [0.4, 0.5) is 0 Å². The van der Waals surface area contributed by atoms with E-state index in [0.717, 1.165) is 45.2 Å². The first kappa shape index (κ1) is 20.5. The molecular formula is C20H32IN3O. The van der Waals surface area contributed by atoms with Crippen LogP contribution in [-0.4, -0.2) is 50.8 Å². The molecule has 1 aliphatic carbocycles. The van der Waals surface area contributed by atoms with Crippen LogP contribution in [-0.2, 0) is 10.2 Å². The lowest BCUT2D eigenvalue weighted by molar-refractivity contribution is 0.181. The molecule has 0 bridgehead atoms. The van der Waals surface area contributed by atoms with Gasteiger partial charge in [-0.2, -0.15) is 0 Å². The van der Waals surface area contributed by atoms with Crippen molar-refractivity contribution in [1.29, 1.82) is 0 Å². The zero-order valence-corrected chi connectivity index (χ0v) is 17.9. The van der Waals surface area contributed by atoms with Gasteiger partial charge in [0.15, 0.2) is 5.96 Å². The second kappa shape index (κ2) is 9.76. The monoisotopic (exact) mass is 457 g/mol. The van der Waals surface area contributed by atoms with Gasteiger partial charge in [0.2, 0.25) is 0 Å². The van der Waals surface area contributed by atoms with E-state index in [9.17, 15) is 0 Å². The van der Waals surface area contributed by atoms with Crippen molar-refractivity contribution in [1.82, 2.24) is 10.2 Å². The number of rotatable bonds is 6. The molecule has 2 fully saturated rings. The molecule has 2 aliphatic rings. The number of nitrogens with one attached hydrogen (secondary N) is 1. The minimum atomic E-state index is 0. The zero-order valence-electron chi connectivity index (χ0n) is 15.5. The average Bonchev–Trinajstić information content (AvgIpc) is 3.06. The van der Waals surface area contributed by atoms with Crippen LogP contribution >= 0.6 is 24.0 Å². The first-order valence-corrected chi connectivity index (χ1v) is 9.36. The average molecular weight is 457 g/mol. The third kappa shape index (κ3) is 5.09. The molecule has 3 rings (SSSR count). The highest BCUT2D eigenvalue weighted by molar-refractivity contribution is 14.0. The number of halogens is 1. The van der Waals surface area contributed by atoms with Crippen LogP contribution in [0.2, 0.25) is 0 Å². The van der Waals surface area contributed by atoms with Crippen molar-refractivity contribution in [3.05, 3.63) is 35.9 Å². The van der Waals surface area contributed by atoms with Crippen molar-refractivity contribution in [2.24, 2.45) is 10.9 Å². The minimum Gasteiger partial charge on any atom is -0.381 e. The molecule has 140 valence electrons. The Labute approximate surface area is 169 Å². The second-order valence-corrected chi connectivity index (χ2v) is 7.28. The lowest BCUT2D eigenvalue weighted by atomic mass is 9.64. The molecule has 1 atom stereocenters.